The molecule has 0 spiro atoms. The number of carbonyl (C=O) groups is 1. The molecular weight excluding hydrogens is 541 g/mol. The van der Waals surface area contributed by atoms with Crippen molar-refractivity contribution in [2.45, 2.75) is 70.9 Å². The smallest absolute Gasteiger partial charge is 0.383 e. The Morgan fingerprint density at radius 3 is 2.62 bits per heavy atom. The minimum atomic E-state index is -4.47. The van der Waals surface area contributed by atoms with Gasteiger partial charge < -0.3 is 29.4 Å². The Bertz CT molecular complexity index is 1450. The average Bonchev–Trinajstić information content (AvgIpc) is 3.50. The van der Waals surface area contributed by atoms with Crippen LogP contribution in [0.25, 0.3) is 11.0 Å². The Morgan fingerprint density at radius 1 is 1.20 bits per heavy atom. The van der Waals surface area contributed by atoms with Gasteiger partial charge in [-0.25, -0.2) is 4.98 Å². The molecule has 2 aliphatic heterocycles. The summed E-state index contributed by atoms with van der Waals surface area (Å²) < 4.78 is 59.6. The van der Waals surface area contributed by atoms with E-state index in [1.54, 1.807) is 20.0 Å². The molecule has 1 amide bonds. The van der Waals surface area contributed by atoms with Crippen LogP contribution in [0.1, 0.15) is 57.4 Å². The van der Waals surface area contributed by atoms with Crippen LogP contribution in [-0.4, -0.2) is 48.7 Å². The zero-order valence-electron chi connectivity index (χ0n) is 23.4. The van der Waals surface area contributed by atoms with E-state index in [4.69, 9.17) is 19.9 Å². The number of fused-ring (bicyclic) bond motifs is 4. The van der Waals surface area contributed by atoms with Crippen LogP contribution in [0.2, 0.25) is 25.7 Å². The number of hydrogen-bond donors (Lipinski definition) is 1. The number of carbonyl (C=O) groups excluding carboxylic acids is 1. The molecule has 12 heteroatoms. The van der Waals surface area contributed by atoms with Crippen LogP contribution in [0.15, 0.2) is 24.3 Å². The molecule has 2 atom stereocenters. The van der Waals surface area contributed by atoms with Gasteiger partial charge >= 0.3 is 6.18 Å². The number of halogens is 3. The molecule has 2 N–H and O–H groups in total. The first kappa shape index (κ1) is 28.6. The summed E-state index contributed by atoms with van der Waals surface area (Å²) in [5.74, 6) is 0.0419. The predicted octanol–water partition coefficient (Wildman–Crippen LogP) is 5.88. The van der Waals surface area contributed by atoms with Gasteiger partial charge in [0.05, 0.1) is 48.6 Å². The molecule has 8 nitrogen and oxygen atoms in total. The molecule has 0 bridgehead atoms. The van der Waals surface area contributed by atoms with E-state index in [1.165, 1.54) is 11.0 Å². The van der Waals surface area contributed by atoms with E-state index in [2.05, 4.69) is 24.6 Å². The zero-order valence-corrected chi connectivity index (χ0v) is 24.4. The number of likely N-dealkylation sites (N-methyl/N-ethyl adjacent to an activating group) is 1. The molecule has 0 aliphatic carbocycles. The first-order valence-corrected chi connectivity index (χ1v) is 17.0. The molecule has 0 saturated heterocycles. The second-order valence-corrected chi connectivity index (χ2v) is 17.4. The molecule has 2 aromatic heterocycles. The number of alkyl halides is 3. The maximum absolute atomic E-state index is 14.1. The summed E-state index contributed by atoms with van der Waals surface area (Å²) in [6, 6.07) is 5.71. The Kier molecular flexibility index (Phi) is 7.49. The Hall–Kier alpha value is -2.93. The van der Waals surface area contributed by atoms with E-state index >= 15 is 0 Å². The number of nitrogens with two attached hydrogens (primary N) is 1. The number of nitrogen functional groups attached to an aromatic ring is 1. The number of aromatic nitrogens is 2. The van der Waals surface area contributed by atoms with Crippen molar-refractivity contribution in [1.29, 1.82) is 0 Å². The fourth-order valence-corrected chi connectivity index (χ4v) is 6.07. The van der Waals surface area contributed by atoms with E-state index in [0.717, 1.165) is 34.8 Å². The van der Waals surface area contributed by atoms with Crippen molar-refractivity contribution in [2.75, 3.05) is 26.0 Å². The number of anilines is 1. The van der Waals surface area contributed by atoms with Crippen LogP contribution in [-0.2, 0) is 40.3 Å². The maximum atomic E-state index is 14.1. The average molecular weight is 577 g/mol. The largest absolute Gasteiger partial charge is 0.416 e. The van der Waals surface area contributed by atoms with Gasteiger partial charge in [-0.15, -0.1) is 0 Å². The Balaban J connectivity index is 1.52. The van der Waals surface area contributed by atoms with Crippen molar-refractivity contribution in [3.05, 3.63) is 57.8 Å². The number of rotatable bonds is 7. The van der Waals surface area contributed by atoms with Crippen LogP contribution in [0.5, 0.6) is 0 Å². The second kappa shape index (κ2) is 10.5. The van der Waals surface area contributed by atoms with Gasteiger partial charge in [0, 0.05) is 32.9 Å². The molecule has 1 aromatic carbocycles. The van der Waals surface area contributed by atoms with Gasteiger partial charge in [-0.05, 0) is 42.3 Å². The molecule has 216 valence electrons. The molecule has 3 aromatic rings. The van der Waals surface area contributed by atoms with Gasteiger partial charge in [0.15, 0.2) is 0 Å². The lowest BCUT2D eigenvalue weighted by Crippen LogP contribution is -2.38. The highest BCUT2D eigenvalue weighted by atomic mass is 28.3. The van der Waals surface area contributed by atoms with Gasteiger partial charge in [-0.2, -0.15) is 13.2 Å². The molecule has 0 radical (unpaired) electrons. The first-order valence-electron chi connectivity index (χ1n) is 13.3. The van der Waals surface area contributed by atoms with Crippen LogP contribution in [0.3, 0.4) is 0 Å². The lowest BCUT2D eigenvalue weighted by atomic mass is 9.92. The van der Waals surface area contributed by atoms with Crippen molar-refractivity contribution < 1.29 is 32.2 Å². The monoisotopic (exact) mass is 576 g/mol. The van der Waals surface area contributed by atoms with Crippen LogP contribution in [0, 0.1) is 0 Å². The summed E-state index contributed by atoms with van der Waals surface area (Å²) >= 11 is 0. The van der Waals surface area contributed by atoms with E-state index in [0.29, 0.717) is 48.0 Å². The maximum Gasteiger partial charge on any atom is 0.416 e. The van der Waals surface area contributed by atoms with Gasteiger partial charge in [-0.3, -0.25) is 4.79 Å². The highest BCUT2D eigenvalue weighted by molar-refractivity contribution is 6.76. The van der Waals surface area contributed by atoms with Crippen molar-refractivity contribution in [1.82, 2.24) is 14.5 Å². The standard InChI is InChI=1S/C28H35F3N4O4Si/c1-16-19-10-17(28(29,30)31)6-7-18(19)24(14-39-16)34(2)27(36)23-11-22-25(20-12-38-13-21(20)26(32)33-22)35(23)15-37-8-9-40(3,4)5/h6-7,10-11,16,24H,8-9,12-15H2,1-5H3,(H2,32,33)/t16-,24-/m1/s1. The van der Waals surface area contributed by atoms with E-state index in [9.17, 15) is 18.0 Å². The zero-order chi connectivity index (χ0) is 29.0. The SMILES string of the molecule is C[C@H]1OC[C@@H](N(C)C(=O)c2cc3nc(N)c4c(c3n2COCC[Si](C)(C)C)COC4)c2ccc(C(F)(F)F)cc21. The number of pyridine rings is 1. The van der Waals surface area contributed by atoms with Crippen LogP contribution in [0.4, 0.5) is 19.0 Å². The van der Waals surface area contributed by atoms with Gasteiger partial charge in [-0.1, -0.05) is 25.7 Å². The fourth-order valence-electron chi connectivity index (χ4n) is 5.31. The highest BCUT2D eigenvalue weighted by Gasteiger charge is 2.37. The first-order chi connectivity index (χ1) is 18.8. The molecule has 0 fully saturated rings. The number of amides is 1. The summed E-state index contributed by atoms with van der Waals surface area (Å²) in [7, 11) is 0.305. The van der Waals surface area contributed by atoms with Crippen LogP contribution >= 0.6 is 0 Å². The summed E-state index contributed by atoms with van der Waals surface area (Å²) in [5.41, 5.74) is 9.88. The molecule has 0 unspecified atom stereocenters. The molecule has 40 heavy (non-hydrogen) atoms. The van der Waals surface area contributed by atoms with Crippen molar-refractivity contribution in [3.8, 4) is 0 Å². The lowest BCUT2D eigenvalue weighted by molar-refractivity contribution is -0.137. The third-order valence-electron chi connectivity index (χ3n) is 7.71. The number of ether oxygens (including phenoxy) is 3. The van der Waals surface area contributed by atoms with E-state index in [1.807, 2.05) is 4.57 Å². The molecule has 0 saturated carbocycles. The summed E-state index contributed by atoms with van der Waals surface area (Å²) in [5, 5.41) is 0. The quantitative estimate of drug-likeness (QED) is 0.279. The number of nitrogens with zero attached hydrogens (tertiary/aromatic N) is 3. The third-order valence-corrected chi connectivity index (χ3v) is 9.41. The van der Waals surface area contributed by atoms with E-state index < -0.39 is 32.0 Å². The van der Waals surface area contributed by atoms with Crippen molar-refractivity contribution in [2.24, 2.45) is 0 Å². The Labute approximate surface area is 232 Å². The highest BCUT2D eigenvalue weighted by Crippen LogP contribution is 2.40. The topological polar surface area (TPSA) is 91.8 Å². The molecule has 4 heterocycles. The summed E-state index contributed by atoms with van der Waals surface area (Å²) in [6.45, 7) is 10.1. The molecule has 2 aliphatic rings. The normalized spacial score (nSPS) is 19.1. The Morgan fingerprint density at radius 2 is 1.93 bits per heavy atom. The third kappa shape index (κ3) is 5.37. The molecular formula is C28H35F3N4O4Si. The number of benzene rings is 1. The van der Waals surface area contributed by atoms with Gasteiger partial charge in [0.25, 0.3) is 5.91 Å². The number of hydrogen-bond acceptors (Lipinski definition) is 6. The van der Waals surface area contributed by atoms with Crippen molar-refractivity contribution >= 4 is 30.8 Å². The summed E-state index contributed by atoms with van der Waals surface area (Å²) in [4.78, 5) is 20.1. The minimum absolute atomic E-state index is 0.144. The lowest BCUT2D eigenvalue weighted by Gasteiger charge is -2.36. The second-order valence-electron chi connectivity index (χ2n) is 11.7. The predicted molar refractivity (Wildman–Crippen MR) is 147 cm³/mol. The molecule has 5 rings (SSSR count). The van der Waals surface area contributed by atoms with Crippen molar-refractivity contribution in [3.63, 3.8) is 0 Å². The minimum Gasteiger partial charge on any atom is -0.383 e. The fraction of sp³-hybridized carbons (Fsp3) is 0.500. The van der Waals surface area contributed by atoms with Crippen LogP contribution < -0.4 is 5.73 Å². The van der Waals surface area contributed by atoms with Gasteiger partial charge in [0.2, 0.25) is 0 Å². The van der Waals surface area contributed by atoms with E-state index in [-0.39, 0.29) is 19.2 Å². The van der Waals surface area contributed by atoms with Gasteiger partial charge in [0.1, 0.15) is 18.2 Å². The summed E-state index contributed by atoms with van der Waals surface area (Å²) in [6.07, 6.45) is -5.00.